The Morgan fingerprint density at radius 2 is 1.74 bits per heavy atom. The van der Waals surface area contributed by atoms with Crippen LogP contribution in [0.3, 0.4) is 0 Å². The summed E-state index contributed by atoms with van der Waals surface area (Å²) in [4.78, 5) is 0.506. The Bertz CT molecular complexity index is 663. The normalized spacial score (nSPS) is 27.8. The van der Waals surface area contributed by atoms with Gasteiger partial charge in [0.1, 0.15) is 0 Å². The molecule has 23 heavy (non-hydrogen) atoms. The van der Waals surface area contributed by atoms with Crippen LogP contribution in [0.4, 0.5) is 0 Å². The van der Waals surface area contributed by atoms with Gasteiger partial charge in [0, 0.05) is 18.6 Å². The summed E-state index contributed by atoms with van der Waals surface area (Å²) in [7, 11) is -3.36. The van der Waals surface area contributed by atoms with Gasteiger partial charge in [-0.3, -0.25) is 0 Å². The van der Waals surface area contributed by atoms with E-state index in [4.69, 9.17) is 0 Å². The third kappa shape index (κ3) is 3.04. The zero-order valence-electron chi connectivity index (χ0n) is 13.3. The molecule has 1 aromatic carbocycles. The molecule has 2 heterocycles. The van der Waals surface area contributed by atoms with Crippen LogP contribution in [0.2, 0.25) is 0 Å². The molecular formula is C17H25ClN2O2S. The monoisotopic (exact) mass is 356 g/mol. The highest BCUT2D eigenvalue weighted by molar-refractivity contribution is 7.89. The van der Waals surface area contributed by atoms with Gasteiger partial charge in [-0.25, -0.2) is 8.42 Å². The van der Waals surface area contributed by atoms with Crippen LogP contribution in [0.25, 0.3) is 0 Å². The quantitative estimate of drug-likeness (QED) is 0.885. The van der Waals surface area contributed by atoms with E-state index in [1.54, 1.807) is 0 Å². The van der Waals surface area contributed by atoms with Crippen molar-refractivity contribution >= 4 is 22.4 Å². The topological polar surface area (TPSA) is 49.4 Å². The van der Waals surface area contributed by atoms with E-state index in [2.05, 4.69) is 5.32 Å². The molecule has 0 saturated carbocycles. The molecule has 128 valence electrons. The number of hydrogen-bond acceptors (Lipinski definition) is 3. The van der Waals surface area contributed by atoms with Gasteiger partial charge in [0.05, 0.1) is 4.90 Å². The fourth-order valence-corrected chi connectivity index (χ4v) is 6.27. The summed E-state index contributed by atoms with van der Waals surface area (Å²) in [5.41, 5.74) is 2.58. The predicted octanol–water partition coefficient (Wildman–Crippen LogP) is 2.50. The summed E-state index contributed by atoms with van der Waals surface area (Å²) in [6, 6.07) is 6.13. The van der Waals surface area contributed by atoms with Gasteiger partial charge in [0.15, 0.2) is 0 Å². The minimum Gasteiger partial charge on any atom is -0.315 e. The first-order chi connectivity index (χ1) is 10.7. The van der Waals surface area contributed by atoms with Crippen LogP contribution in [-0.2, 0) is 22.9 Å². The van der Waals surface area contributed by atoms with E-state index in [-0.39, 0.29) is 24.5 Å². The maximum absolute atomic E-state index is 13.2. The molecule has 0 radical (unpaired) electrons. The molecule has 1 aliphatic carbocycles. The van der Waals surface area contributed by atoms with Crippen LogP contribution in [-0.4, -0.2) is 37.9 Å². The Morgan fingerprint density at radius 3 is 2.57 bits per heavy atom. The average Bonchev–Trinajstić information content (AvgIpc) is 2.80. The molecule has 2 atom stereocenters. The molecule has 0 spiro atoms. The van der Waals surface area contributed by atoms with Gasteiger partial charge in [0.25, 0.3) is 0 Å². The molecule has 3 aliphatic rings. The molecule has 1 aromatic rings. The Labute approximate surface area is 145 Å². The highest BCUT2D eigenvalue weighted by atomic mass is 35.5. The molecule has 4 nitrogen and oxygen atoms in total. The van der Waals surface area contributed by atoms with Crippen molar-refractivity contribution in [2.24, 2.45) is 0 Å². The van der Waals surface area contributed by atoms with E-state index in [0.29, 0.717) is 4.90 Å². The van der Waals surface area contributed by atoms with Gasteiger partial charge in [-0.2, -0.15) is 4.31 Å². The highest BCUT2D eigenvalue weighted by Gasteiger charge is 2.43. The molecule has 4 rings (SSSR count). The van der Waals surface area contributed by atoms with Crippen molar-refractivity contribution in [3.63, 3.8) is 0 Å². The smallest absolute Gasteiger partial charge is 0.243 e. The van der Waals surface area contributed by atoms with Gasteiger partial charge in [-0.05, 0) is 74.8 Å². The number of hydrogen-bond donors (Lipinski definition) is 1. The zero-order chi connectivity index (χ0) is 15.2. The van der Waals surface area contributed by atoms with Gasteiger partial charge >= 0.3 is 0 Å². The van der Waals surface area contributed by atoms with Crippen LogP contribution >= 0.6 is 12.4 Å². The van der Waals surface area contributed by atoms with Crippen molar-refractivity contribution in [2.75, 3.05) is 13.1 Å². The minimum absolute atomic E-state index is 0. The Morgan fingerprint density at radius 1 is 1.00 bits per heavy atom. The van der Waals surface area contributed by atoms with Gasteiger partial charge < -0.3 is 5.32 Å². The Balaban J connectivity index is 0.00000156. The first-order valence-corrected chi connectivity index (χ1v) is 9.96. The number of benzene rings is 1. The summed E-state index contributed by atoms with van der Waals surface area (Å²) >= 11 is 0. The van der Waals surface area contributed by atoms with Gasteiger partial charge in [0.2, 0.25) is 10.0 Å². The van der Waals surface area contributed by atoms with E-state index in [1.807, 2.05) is 22.5 Å². The number of halogens is 1. The number of aryl methyl sites for hydroxylation is 2. The van der Waals surface area contributed by atoms with Crippen LogP contribution in [0, 0.1) is 0 Å². The first kappa shape index (κ1) is 17.2. The molecule has 0 amide bonds. The highest BCUT2D eigenvalue weighted by Crippen LogP contribution is 2.34. The standard InChI is InChI=1S/C17H24N2O2S.ClH/c20-22(21,19-15-6-7-16(19)12-18-10-9-15)17-8-5-13-3-1-2-4-14(13)11-17;/h5,8,11,15-16,18H,1-4,6-7,9-10,12H2;1H. The van der Waals surface area contributed by atoms with Crippen molar-refractivity contribution in [2.45, 2.75) is 61.9 Å². The molecule has 1 N–H and O–H groups in total. The summed E-state index contributed by atoms with van der Waals surface area (Å²) in [5, 5.41) is 3.38. The lowest BCUT2D eigenvalue weighted by molar-refractivity contribution is 0.334. The molecular weight excluding hydrogens is 332 g/mol. The van der Waals surface area contributed by atoms with Crippen molar-refractivity contribution in [3.8, 4) is 0 Å². The molecule has 0 aromatic heterocycles. The van der Waals surface area contributed by atoms with E-state index in [1.165, 1.54) is 24.0 Å². The fraction of sp³-hybridized carbons (Fsp3) is 0.647. The van der Waals surface area contributed by atoms with E-state index in [0.717, 1.165) is 45.2 Å². The lowest BCUT2D eigenvalue weighted by Gasteiger charge is -2.27. The second kappa shape index (κ2) is 6.71. The summed E-state index contributed by atoms with van der Waals surface area (Å²) in [6.45, 7) is 1.72. The van der Waals surface area contributed by atoms with Crippen LogP contribution < -0.4 is 5.32 Å². The second-order valence-electron chi connectivity index (χ2n) is 6.85. The number of nitrogens with one attached hydrogen (secondary N) is 1. The van der Waals surface area contributed by atoms with Crippen molar-refractivity contribution in [1.82, 2.24) is 9.62 Å². The van der Waals surface area contributed by atoms with Crippen LogP contribution in [0.5, 0.6) is 0 Å². The third-order valence-electron chi connectivity index (χ3n) is 5.48. The molecule has 2 unspecified atom stereocenters. The zero-order valence-corrected chi connectivity index (χ0v) is 15.0. The lowest BCUT2D eigenvalue weighted by Crippen LogP contribution is -2.42. The number of fused-ring (bicyclic) bond motifs is 3. The Hall–Kier alpha value is -0.620. The number of rotatable bonds is 2. The average molecular weight is 357 g/mol. The Kier molecular flexibility index (Phi) is 5.02. The number of nitrogens with zero attached hydrogens (tertiary/aromatic N) is 1. The van der Waals surface area contributed by atoms with Crippen LogP contribution in [0.15, 0.2) is 23.1 Å². The van der Waals surface area contributed by atoms with Gasteiger partial charge in [-0.15, -0.1) is 12.4 Å². The first-order valence-electron chi connectivity index (χ1n) is 8.52. The molecule has 2 aliphatic heterocycles. The fourth-order valence-electron chi connectivity index (χ4n) is 4.32. The second-order valence-corrected chi connectivity index (χ2v) is 8.69. The largest absolute Gasteiger partial charge is 0.315 e. The van der Waals surface area contributed by atoms with Crippen molar-refractivity contribution in [1.29, 1.82) is 0 Å². The van der Waals surface area contributed by atoms with Gasteiger partial charge in [-0.1, -0.05) is 6.07 Å². The SMILES string of the molecule is Cl.O=S(=O)(c1ccc2c(c1)CCCC2)N1C2CCNCC1CC2. The molecule has 6 heteroatoms. The summed E-state index contributed by atoms with van der Waals surface area (Å²) < 4.78 is 28.2. The van der Waals surface area contributed by atoms with Crippen LogP contribution in [0.1, 0.15) is 43.2 Å². The summed E-state index contributed by atoms with van der Waals surface area (Å²) in [5.74, 6) is 0. The van der Waals surface area contributed by atoms with E-state index < -0.39 is 10.0 Å². The number of sulfonamides is 1. The predicted molar refractivity (Wildman–Crippen MR) is 93.7 cm³/mol. The minimum atomic E-state index is -3.36. The third-order valence-corrected chi connectivity index (χ3v) is 7.48. The van der Waals surface area contributed by atoms with E-state index >= 15 is 0 Å². The van der Waals surface area contributed by atoms with Crippen molar-refractivity contribution in [3.05, 3.63) is 29.3 Å². The maximum Gasteiger partial charge on any atom is 0.243 e. The molecule has 2 fully saturated rings. The maximum atomic E-state index is 13.2. The van der Waals surface area contributed by atoms with Crippen molar-refractivity contribution < 1.29 is 8.42 Å². The summed E-state index contributed by atoms with van der Waals surface area (Å²) in [6.07, 6.45) is 7.44. The molecule has 2 saturated heterocycles. The molecule has 2 bridgehead atoms. The lowest BCUT2D eigenvalue weighted by atomic mass is 9.92. The van der Waals surface area contributed by atoms with E-state index in [9.17, 15) is 8.42 Å².